The van der Waals surface area contributed by atoms with E-state index < -0.39 is 5.82 Å². The molecule has 3 rings (SSSR count). The lowest BCUT2D eigenvalue weighted by atomic mass is 10.2. The highest BCUT2D eigenvalue weighted by atomic mass is 79.9. The molecule has 0 aliphatic carbocycles. The van der Waals surface area contributed by atoms with Gasteiger partial charge in [0.05, 0.1) is 11.2 Å². The number of hydrogen-bond acceptors (Lipinski definition) is 2. The smallest absolute Gasteiger partial charge is 0.244 e. The van der Waals surface area contributed by atoms with Crippen LogP contribution in [0.15, 0.2) is 64.0 Å². The number of rotatable bonds is 3. The zero-order valence-electron chi connectivity index (χ0n) is 11.9. The van der Waals surface area contributed by atoms with E-state index in [1.165, 1.54) is 18.2 Å². The molecule has 4 nitrogen and oxygen atoms in total. The normalized spacial score (nSPS) is 10.7. The second-order valence-electron chi connectivity index (χ2n) is 5.00. The number of fused-ring (bicyclic) bond motifs is 1. The minimum atomic E-state index is -0.492. The van der Waals surface area contributed by atoms with E-state index in [-0.39, 0.29) is 23.6 Å². The van der Waals surface area contributed by atoms with Crippen molar-refractivity contribution in [3.05, 3.63) is 75.2 Å². The van der Waals surface area contributed by atoms with E-state index in [0.29, 0.717) is 10.9 Å². The fourth-order valence-electron chi connectivity index (χ4n) is 2.32. The van der Waals surface area contributed by atoms with Crippen LogP contribution < -0.4 is 10.7 Å². The molecule has 0 aliphatic heterocycles. The summed E-state index contributed by atoms with van der Waals surface area (Å²) in [5.41, 5.74) is 0.651. The molecule has 0 saturated heterocycles. The first-order valence-electron chi connectivity index (χ1n) is 6.88. The van der Waals surface area contributed by atoms with Crippen molar-refractivity contribution in [3.8, 4) is 0 Å². The zero-order chi connectivity index (χ0) is 16.4. The molecule has 1 heterocycles. The molecule has 116 valence electrons. The van der Waals surface area contributed by atoms with Gasteiger partial charge < -0.3 is 9.88 Å². The van der Waals surface area contributed by atoms with Crippen LogP contribution in [0.4, 0.5) is 10.1 Å². The van der Waals surface area contributed by atoms with Gasteiger partial charge in [-0.15, -0.1) is 0 Å². The summed E-state index contributed by atoms with van der Waals surface area (Å²) in [5, 5.41) is 3.05. The second-order valence-corrected chi connectivity index (χ2v) is 5.91. The molecule has 1 N–H and O–H groups in total. The average molecular weight is 375 g/mol. The summed E-state index contributed by atoms with van der Waals surface area (Å²) in [6.45, 7) is -0.0262. The first-order chi connectivity index (χ1) is 11.0. The lowest BCUT2D eigenvalue weighted by Gasteiger charge is -2.11. The summed E-state index contributed by atoms with van der Waals surface area (Å²) >= 11 is 3.36. The van der Waals surface area contributed by atoms with Crippen LogP contribution in [-0.4, -0.2) is 10.5 Å². The number of para-hydroxylation sites is 1. The molecule has 0 radical (unpaired) electrons. The minimum absolute atomic E-state index is 0.0262. The number of nitrogens with zero attached hydrogens (tertiary/aromatic N) is 1. The summed E-state index contributed by atoms with van der Waals surface area (Å²) < 4.78 is 16.0. The maximum absolute atomic E-state index is 13.6. The van der Waals surface area contributed by atoms with Gasteiger partial charge in [0.2, 0.25) is 5.91 Å². The fraction of sp³-hybridized carbons (Fsp3) is 0.0588. The minimum Gasteiger partial charge on any atom is -0.338 e. The fourth-order valence-corrected chi connectivity index (χ4v) is 2.67. The van der Waals surface area contributed by atoms with Gasteiger partial charge in [-0.1, -0.05) is 28.1 Å². The van der Waals surface area contributed by atoms with Crippen molar-refractivity contribution in [3.63, 3.8) is 0 Å². The van der Waals surface area contributed by atoms with E-state index in [4.69, 9.17) is 0 Å². The molecule has 1 amide bonds. The molecule has 1 aromatic heterocycles. The zero-order valence-corrected chi connectivity index (χ0v) is 13.5. The van der Waals surface area contributed by atoms with Crippen LogP contribution in [0.1, 0.15) is 0 Å². The highest BCUT2D eigenvalue weighted by Crippen LogP contribution is 2.18. The van der Waals surface area contributed by atoms with Crippen molar-refractivity contribution < 1.29 is 9.18 Å². The summed E-state index contributed by atoms with van der Waals surface area (Å²) in [6.07, 6.45) is 1.55. The van der Waals surface area contributed by atoms with Gasteiger partial charge >= 0.3 is 0 Å². The monoisotopic (exact) mass is 374 g/mol. The number of aromatic nitrogens is 1. The van der Waals surface area contributed by atoms with E-state index in [1.54, 1.807) is 41.1 Å². The Morgan fingerprint density at radius 3 is 2.74 bits per heavy atom. The van der Waals surface area contributed by atoms with Gasteiger partial charge in [0.25, 0.3) is 0 Å². The Kier molecular flexibility index (Phi) is 4.25. The topological polar surface area (TPSA) is 51.1 Å². The number of carbonyl (C=O) groups excluding carboxylic acids is 1. The molecule has 2 aromatic carbocycles. The standard InChI is InChI=1S/C17H12BrFN2O2/c18-11-5-6-12-15(9-11)21(8-7-16(12)22)10-17(23)20-14-4-2-1-3-13(14)19/h1-9H,10H2,(H,20,23). The molecule has 0 bridgehead atoms. The van der Waals surface area contributed by atoms with Gasteiger partial charge in [0.1, 0.15) is 12.4 Å². The molecule has 0 unspecified atom stereocenters. The van der Waals surface area contributed by atoms with Crippen LogP contribution in [0.25, 0.3) is 10.9 Å². The third-order valence-corrected chi connectivity index (χ3v) is 3.90. The summed E-state index contributed by atoms with van der Waals surface area (Å²) in [7, 11) is 0. The molecule has 6 heteroatoms. The van der Waals surface area contributed by atoms with Gasteiger partial charge in [0.15, 0.2) is 5.43 Å². The SMILES string of the molecule is O=C(Cn1ccc(=O)c2ccc(Br)cc21)Nc1ccccc1F. The van der Waals surface area contributed by atoms with Crippen LogP contribution in [0.5, 0.6) is 0 Å². The van der Waals surface area contributed by atoms with E-state index in [2.05, 4.69) is 21.2 Å². The Hall–Kier alpha value is -2.47. The number of anilines is 1. The highest BCUT2D eigenvalue weighted by molar-refractivity contribution is 9.10. The third kappa shape index (κ3) is 3.32. The number of hydrogen-bond donors (Lipinski definition) is 1. The number of benzene rings is 2. The Bertz CT molecular complexity index is 953. The molecule has 0 fully saturated rings. The van der Waals surface area contributed by atoms with E-state index in [9.17, 15) is 14.0 Å². The van der Waals surface area contributed by atoms with Gasteiger partial charge in [0, 0.05) is 22.1 Å². The lowest BCUT2D eigenvalue weighted by molar-refractivity contribution is -0.116. The molecule has 23 heavy (non-hydrogen) atoms. The van der Waals surface area contributed by atoms with Crippen LogP contribution in [0.3, 0.4) is 0 Å². The molecule has 0 spiro atoms. The van der Waals surface area contributed by atoms with Gasteiger partial charge in [-0.2, -0.15) is 0 Å². The number of halogens is 2. The number of amides is 1. The molecule has 0 atom stereocenters. The largest absolute Gasteiger partial charge is 0.338 e. The molecular formula is C17H12BrFN2O2. The van der Waals surface area contributed by atoms with Crippen molar-refractivity contribution in [1.29, 1.82) is 0 Å². The second kappa shape index (κ2) is 6.34. The van der Waals surface area contributed by atoms with Crippen molar-refractivity contribution >= 4 is 38.4 Å². The molecule has 0 saturated carbocycles. The Labute approximate surface area is 139 Å². The molecular weight excluding hydrogens is 363 g/mol. The van der Waals surface area contributed by atoms with Crippen molar-refractivity contribution in [1.82, 2.24) is 4.57 Å². The van der Waals surface area contributed by atoms with Gasteiger partial charge in [-0.05, 0) is 30.3 Å². The Morgan fingerprint density at radius 2 is 1.96 bits per heavy atom. The summed E-state index contributed by atoms with van der Waals surface area (Å²) in [6, 6.07) is 12.6. The van der Waals surface area contributed by atoms with E-state index in [1.807, 2.05) is 0 Å². The van der Waals surface area contributed by atoms with Crippen LogP contribution in [0, 0.1) is 5.82 Å². The van der Waals surface area contributed by atoms with Gasteiger partial charge in [-0.3, -0.25) is 9.59 Å². The first-order valence-corrected chi connectivity index (χ1v) is 7.67. The predicted octanol–water partition coefficient (Wildman–Crippen LogP) is 3.54. The maximum atomic E-state index is 13.6. The number of carbonyl (C=O) groups is 1. The Morgan fingerprint density at radius 1 is 1.17 bits per heavy atom. The van der Waals surface area contributed by atoms with Crippen molar-refractivity contribution in [2.45, 2.75) is 6.54 Å². The predicted molar refractivity (Wildman–Crippen MR) is 90.9 cm³/mol. The molecule has 0 aliphatic rings. The van der Waals surface area contributed by atoms with Crippen molar-refractivity contribution in [2.75, 3.05) is 5.32 Å². The third-order valence-electron chi connectivity index (χ3n) is 3.40. The van der Waals surface area contributed by atoms with E-state index in [0.717, 1.165) is 4.47 Å². The van der Waals surface area contributed by atoms with Crippen LogP contribution in [-0.2, 0) is 11.3 Å². The van der Waals surface area contributed by atoms with Crippen molar-refractivity contribution in [2.24, 2.45) is 0 Å². The van der Waals surface area contributed by atoms with Crippen LogP contribution >= 0.6 is 15.9 Å². The molecule has 3 aromatic rings. The van der Waals surface area contributed by atoms with E-state index >= 15 is 0 Å². The average Bonchev–Trinajstić information content (AvgIpc) is 2.52. The quantitative estimate of drug-likeness (QED) is 0.762. The summed E-state index contributed by atoms with van der Waals surface area (Å²) in [4.78, 5) is 24.0. The highest BCUT2D eigenvalue weighted by Gasteiger charge is 2.09. The first kappa shape index (κ1) is 15.4. The summed E-state index contributed by atoms with van der Waals surface area (Å²) in [5.74, 6) is -0.867. The van der Waals surface area contributed by atoms with Gasteiger partial charge in [-0.25, -0.2) is 4.39 Å². The lowest BCUT2D eigenvalue weighted by Crippen LogP contribution is -2.20. The maximum Gasteiger partial charge on any atom is 0.244 e. The number of nitrogens with one attached hydrogen (secondary N) is 1. The number of pyridine rings is 1. The van der Waals surface area contributed by atoms with Crippen LogP contribution in [0.2, 0.25) is 0 Å². The Balaban J connectivity index is 1.91.